The summed E-state index contributed by atoms with van der Waals surface area (Å²) in [5, 5.41) is 7.66. The van der Waals surface area contributed by atoms with Crippen LogP contribution in [0.1, 0.15) is 40.7 Å². The molecular formula is C18H24ClN5O2. The van der Waals surface area contributed by atoms with Gasteiger partial charge in [-0.2, -0.15) is 5.10 Å². The van der Waals surface area contributed by atoms with E-state index in [0.29, 0.717) is 12.2 Å². The van der Waals surface area contributed by atoms with E-state index in [1.807, 2.05) is 42.2 Å². The van der Waals surface area contributed by atoms with Crippen LogP contribution in [0.2, 0.25) is 0 Å². The summed E-state index contributed by atoms with van der Waals surface area (Å²) in [5.74, 6) is -0.771. The van der Waals surface area contributed by atoms with Crippen LogP contribution in [-0.4, -0.2) is 52.2 Å². The predicted molar refractivity (Wildman–Crippen MR) is 102 cm³/mol. The van der Waals surface area contributed by atoms with Crippen molar-refractivity contribution in [3.8, 4) is 5.69 Å². The molecule has 0 spiro atoms. The number of aromatic nitrogens is 2. The lowest BCUT2D eigenvalue weighted by molar-refractivity contribution is 0.0685. The van der Waals surface area contributed by atoms with E-state index in [4.69, 9.17) is 5.73 Å². The first-order chi connectivity index (χ1) is 12.1. The maximum absolute atomic E-state index is 13.0. The molecule has 1 aromatic heterocycles. The molecule has 1 fully saturated rings. The second kappa shape index (κ2) is 8.82. The number of hydrogen-bond donors (Lipinski definition) is 2. The molecule has 2 aromatic rings. The summed E-state index contributed by atoms with van der Waals surface area (Å²) < 4.78 is 1.44. The van der Waals surface area contributed by atoms with Gasteiger partial charge in [0.1, 0.15) is 5.69 Å². The lowest BCUT2D eigenvalue weighted by atomic mass is 10.2. The van der Waals surface area contributed by atoms with Crippen LogP contribution >= 0.6 is 12.4 Å². The lowest BCUT2D eigenvalue weighted by Crippen LogP contribution is -2.42. The minimum Gasteiger partial charge on any atom is -0.364 e. The molecule has 140 valence electrons. The largest absolute Gasteiger partial charge is 0.364 e. The SMILES string of the molecule is CCCN(C(=O)c1cc(C(N)=O)n(-c2ccccc2)n1)C1CCNC1.Cl. The van der Waals surface area contributed by atoms with Crippen molar-refractivity contribution in [1.82, 2.24) is 20.0 Å². The Balaban J connectivity index is 0.00000243. The highest BCUT2D eigenvalue weighted by molar-refractivity contribution is 5.97. The number of nitrogens with zero attached hydrogens (tertiary/aromatic N) is 3. The Morgan fingerprint density at radius 3 is 2.65 bits per heavy atom. The Morgan fingerprint density at radius 1 is 1.35 bits per heavy atom. The monoisotopic (exact) mass is 377 g/mol. The first-order valence-corrected chi connectivity index (χ1v) is 8.58. The number of carbonyl (C=O) groups is 2. The van der Waals surface area contributed by atoms with Gasteiger partial charge in [0.2, 0.25) is 0 Å². The van der Waals surface area contributed by atoms with Crippen molar-refractivity contribution in [3.05, 3.63) is 47.8 Å². The predicted octanol–water partition coefficient (Wildman–Crippen LogP) is 1.61. The van der Waals surface area contributed by atoms with E-state index in [-0.39, 0.29) is 35.7 Å². The normalized spacial score (nSPS) is 16.1. The van der Waals surface area contributed by atoms with E-state index < -0.39 is 5.91 Å². The van der Waals surface area contributed by atoms with Gasteiger partial charge in [0.05, 0.1) is 5.69 Å². The van der Waals surface area contributed by atoms with Crippen molar-refractivity contribution in [1.29, 1.82) is 0 Å². The molecule has 1 saturated heterocycles. The van der Waals surface area contributed by atoms with Gasteiger partial charge < -0.3 is 16.0 Å². The number of amides is 2. The highest BCUT2D eigenvalue weighted by Crippen LogP contribution is 2.17. The number of para-hydroxylation sites is 1. The van der Waals surface area contributed by atoms with E-state index in [2.05, 4.69) is 10.4 Å². The van der Waals surface area contributed by atoms with Crippen molar-refractivity contribution < 1.29 is 9.59 Å². The second-order valence-electron chi connectivity index (χ2n) is 6.17. The van der Waals surface area contributed by atoms with E-state index in [1.165, 1.54) is 10.7 Å². The second-order valence-corrected chi connectivity index (χ2v) is 6.17. The molecule has 0 aliphatic carbocycles. The molecule has 1 aliphatic heterocycles. The molecule has 8 heteroatoms. The number of nitrogens with two attached hydrogens (primary N) is 1. The van der Waals surface area contributed by atoms with Crippen LogP contribution in [0.5, 0.6) is 0 Å². The van der Waals surface area contributed by atoms with Gasteiger partial charge in [0, 0.05) is 25.2 Å². The first kappa shape index (κ1) is 19.9. The molecule has 2 amide bonds. The van der Waals surface area contributed by atoms with Crippen LogP contribution in [0, 0.1) is 0 Å². The van der Waals surface area contributed by atoms with Crippen molar-refractivity contribution in [2.75, 3.05) is 19.6 Å². The fourth-order valence-electron chi connectivity index (χ4n) is 3.17. The first-order valence-electron chi connectivity index (χ1n) is 8.58. The molecular weight excluding hydrogens is 354 g/mol. The lowest BCUT2D eigenvalue weighted by Gasteiger charge is -2.27. The zero-order valence-corrected chi connectivity index (χ0v) is 15.5. The summed E-state index contributed by atoms with van der Waals surface area (Å²) in [4.78, 5) is 26.7. The summed E-state index contributed by atoms with van der Waals surface area (Å²) in [6.45, 7) is 4.40. The Labute approximate surface area is 159 Å². The number of rotatable bonds is 6. The molecule has 1 aliphatic rings. The third-order valence-electron chi connectivity index (χ3n) is 4.38. The van der Waals surface area contributed by atoms with E-state index in [1.54, 1.807) is 0 Å². The number of nitrogens with one attached hydrogen (secondary N) is 1. The average molecular weight is 378 g/mol. The third kappa shape index (κ3) is 4.05. The van der Waals surface area contributed by atoms with Crippen LogP contribution in [0.15, 0.2) is 36.4 Å². The highest BCUT2D eigenvalue weighted by Gasteiger charge is 2.29. The van der Waals surface area contributed by atoms with E-state index in [0.717, 1.165) is 25.9 Å². The van der Waals surface area contributed by atoms with E-state index in [9.17, 15) is 9.59 Å². The maximum atomic E-state index is 13.0. The van der Waals surface area contributed by atoms with Gasteiger partial charge in [0.15, 0.2) is 5.69 Å². The maximum Gasteiger partial charge on any atom is 0.274 e. The number of carbonyl (C=O) groups excluding carboxylic acids is 2. The summed E-state index contributed by atoms with van der Waals surface area (Å²) >= 11 is 0. The molecule has 7 nitrogen and oxygen atoms in total. The standard InChI is InChI=1S/C18H23N5O2.ClH/c1-2-10-22(14-8-9-20-12-14)18(25)15-11-16(17(19)24)23(21-15)13-6-4-3-5-7-13;/h3-7,11,14,20H,2,8-10,12H2,1H3,(H2,19,24);1H. The Bertz CT molecular complexity index is 756. The Kier molecular flexibility index (Phi) is 6.76. The van der Waals surface area contributed by atoms with E-state index >= 15 is 0 Å². The van der Waals surface area contributed by atoms with Crippen molar-refractivity contribution >= 4 is 24.2 Å². The summed E-state index contributed by atoms with van der Waals surface area (Å²) in [6, 6.07) is 10.8. The minimum absolute atomic E-state index is 0. The topological polar surface area (TPSA) is 93.2 Å². The molecule has 0 radical (unpaired) electrons. The number of benzene rings is 1. The van der Waals surface area contributed by atoms with Gasteiger partial charge >= 0.3 is 0 Å². The molecule has 1 atom stereocenters. The number of halogens is 1. The van der Waals surface area contributed by atoms with Crippen molar-refractivity contribution in [2.45, 2.75) is 25.8 Å². The van der Waals surface area contributed by atoms with Crippen LogP contribution in [-0.2, 0) is 0 Å². The fourth-order valence-corrected chi connectivity index (χ4v) is 3.17. The third-order valence-corrected chi connectivity index (χ3v) is 4.38. The molecule has 26 heavy (non-hydrogen) atoms. The van der Waals surface area contributed by atoms with Gasteiger partial charge in [-0.05, 0) is 31.5 Å². The Hall–Kier alpha value is -2.38. The molecule has 1 unspecified atom stereocenters. The summed E-state index contributed by atoms with van der Waals surface area (Å²) in [6.07, 6.45) is 1.79. The zero-order chi connectivity index (χ0) is 17.8. The van der Waals surface area contributed by atoms with Crippen molar-refractivity contribution in [3.63, 3.8) is 0 Å². The molecule has 1 aromatic carbocycles. The van der Waals surface area contributed by atoms with Gasteiger partial charge in [-0.1, -0.05) is 25.1 Å². The van der Waals surface area contributed by atoms with Crippen LogP contribution < -0.4 is 11.1 Å². The fraction of sp³-hybridized carbons (Fsp3) is 0.389. The smallest absolute Gasteiger partial charge is 0.274 e. The van der Waals surface area contributed by atoms with Crippen molar-refractivity contribution in [2.24, 2.45) is 5.73 Å². The molecule has 3 rings (SSSR count). The average Bonchev–Trinajstić information content (AvgIpc) is 3.29. The zero-order valence-electron chi connectivity index (χ0n) is 14.7. The number of hydrogen-bond acceptors (Lipinski definition) is 4. The number of primary amides is 1. The minimum atomic E-state index is -0.611. The van der Waals surface area contributed by atoms with Crippen LogP contribution in [0.4, 0.5) is 0 Å². The Morgan fingerprint density at radius 2 is 2.08 bits per heavy atom. The van der Waals surface area contributed by atoms with Gasteiger partial charge in [0.25, 0.3) is 11.8 Å². The van der Waals surface area contributed by atoms with Gasteiger partial charge in [-0.15, -0.1) is 12.4 Å². The van der Waals surface area contributed by atoms with Gasteiger partial charge in [-0.25, -0.2) is 4.68 Å². The highest BCUT2D eigenvalue weighted by atomic mass is 35.5. The molecule has 0 bridgehead atoms. The summed E-state index contributed by atoms with van der Waals surface area (Å²) in [7, 11) is 0. The summed E-state index contributed by atoms with van der Waals surface area (Å²) in [5.41, 5.74) is 6.63. The van der Waals surface area contributed by atoms with Gasteiger partial charge in [-0.3, -0.25) is 9.59 Å². The molecule has 2 heterocycles. The van der Waals surface area contributed by atoms with Crippen LogP contribution in [0.3, 0.4) is 0 Å². The molecule has 3 N–H and O–H groups in total. The molecule has 0 saturated carbocycles. The van der Waals surface area contributed by atoms with Crippen LogP contribution in [0.25, 0.3) is 5.69 Å². The quantitative estimate of drug-likeness (QED) is 0.799.